The van der Waals surface area contributed by atoms with Crippen LogP contribution in [0.3, 0.4) is 0 Å². The van der Waals surface area contributed by atoms with Gasteiger partial charge in [0.25, 0.3) is 0 Å². The molecule has 0 atom stereocenters. The van der Waals surface area contributed by atoms with Crippen LogP contribution in [0.1, 0.15) is 32.1 Å². The van der Waals surface area contributed by atoms with Gasteiger partial charge in [0.05, 0.1) is 0 Å². The molecule has 124 valence electrons. The first-order valence-corrected chi connectivity index (χ1v) is 8.67. The summed E-state index contributed by atoms with van der Waals surface area (Å²) < 4.78 is 13.0. The second-order valence-corrected chi connectivity index (χ2v) is 6.45. The van der Waals surface area contributed by atoms with Crippen molar-refractivity contribution in [2.45, 2.75) is 32.1 Å². The van der Waals surface area contributed by atoms with Crippen LogP contribution in [0.15, 0.2) is 35.9 Å². The molecule has 4 heteroatoms. The molecule has 23 heavy (non-hydrogen) atoms. The van der Waals surface area contributed by atoms with Gasteiger partial charge in [0.15, 0.2) is 5.78 Å². The predicted octanol–water partition coefficient (Wildman–Crippen LogP) is 3.41. The molecule has 0 radical (unpaired) electrons. The highest BCUT2D eigenvalue weighted by atomic mass is 19.1. The molecule has 1 aromatic carbocycles. The van der Waals surface area contributed by atoms with Crippen molar-refractivity contribution < 1.29 is 9.18 Å². The molecule has 2 aliphatic rings. The van der Waals surface area contributed by atoms with E-state index in [0.717, 1.165) is 63.2 Å². The number of halogens is 1. The first-order valence-electron chi connectivity index (χ1n) is 8.67. The van der Waals surface area contributed by atoms with E-state index >= 15 is 0 Å². The number of Topliss-reactive ketones (excluding diaryl/α,β-unsaturated/α-hetero) is 1. The second kappa shape index (κ2) is 7.73. The van der Waals surface area contributed by atoms with Gasteiger partial charge in [0.1, 0.15) is 5.82 Å². The van der Waals surface area contributed by atoms with E-state index in [-0.39, 0.29) is 5.82 Å². The number of nitrogens with zero attached hydrogens (tertiary/aromatic N) is 2. The topological polar surface area (TPSA) is 23.6 Å². The Morgan fingerprint density at radius 2 is 1.78 bits per heavy atom. The zero-order valence-electron chi connectivity index (χ0n) is 13.6. The Hall–Kier alpha value is -1.68. The Labute approximate surface area is 137 Å². The number of allylic oxidation sites excluding steroid dienone is 2. The average molecular weight is 316 g/mol. The van der Waals surface area contributed by atoms with Crippen LogP contribution < -0.4 is 4.90 Å². The minimum absolute atomic E-state index is 0.192. The summed E-state index contributed by atoms with van der Waals surface area (Å²) in [6, 6.07) is 6.70. The second-order valence-electron chi connectivity index (χ2n) is 6.45. The SMILES string of the molecule is O=C(CCN1CCN(c2ccc(F)cc2)CC1)C1=CCCCC1. The number of carbonyl (C=O) groups excluding carboxylic acids is 1. The lowest BCUT2D eigenvalue weighted by Gasteiger charge is -2.36. The molecule has 0 saturated carbocycles. The maximum absolute atomic E-state index is 13.0. The molecule has 1 aliphatic carbocycles. The van der Waals surface area contributed by atoms with Crippen molar-refractivity contribution in [3.63, 3.8) is 0 Å². The zero-order valence-corrected chi connectivity index (χ0v) is 13.6. The first-order chi connectivity index (χ1) is 11.2. The predicted molar refractivity (Wildman–Crippen MR) is 91.2 cm³/mol. The van der Waals surface area contributed by atoms with Crippen molar-refractivity contribution in [2.24, 2.45) is 0 Å². The van der Waals surface area contributed by atoms with Crippen LogP contribution in [0.5, 0.6) is 0 Å². The molecule has 0 spiro atoms. The zero-order chi connectivity index (χ0) is 16.1. The van der Waals surface area contributed by atoms with Gasteiger partial charge >= 0.3 is 0 Å². The summed E-state index contributed by atoms with van der Waals surface area (Å²) >= 11 is 0. The summed E-state index contributed by atoms with van der Waals surface area (Å²) in [5, 5.41) is 0. The van der Waals surface area contributed by atoms with Gasteiger partial charge in [0, 0.05) is 44.8 Å². The van der Waals surface area contributed by atoms with Gasteiger partial charge in [0.2, 0.25) is 0 Å². The number of rotatable bonds is 5. The lowest BCUT2D eigenvalue weighted by atomic mass is 9.95. The van der Waals surface area contributed by atoms with Gasteiger partial charge in [-0.3, -0.25) is 9.69 Å². The van der Waals surface area contributed by atoms with Crippen molar-refractivity contribution >= 4 is 11.5 Å². The summed E-state index contributed by atoms with van der Waals surface area (Å²) in [5.74, 6) is 0.147. The average Bonchev–Trinajstić information content (AvgIpc) is 2.61. The van der Waals surface area contributed by atoms with Crippen molar-refractivity contribution in [3.8, 4) is 0 Å². The highest BCUT2D eigenvalue weighted by molar-refractivity contribution is 5.95. The van der Waals surface area contributed by atoms with Crippen molar-refractivity contribution in [3.05, 3.63) is 41.7 Å². The Morgan fingerprint density at radius 3 is 2.43 bits per heavy atom. The molecule has 0 N–H and O–H groups in total. The van der Waals surface area contributed by atoms with Crippen LogP contribution in [-0.2, 0) is 4.79 Å². The molecule has 0 unspecified atom stereocenters. The van der Waals surface area contributed by atoms with E-state index in [9.17, 15) is 9.18 Å². The highest BCUT2D eigenvalue weighted by Gasteiger charge is 2.19. The summed E-state index contributed by atoms with van der Waals surface area (Å²) in [6.45, 7) is 4.64. The number of hydrogen-bond donors (Lipinski definition) is 0. The van der Waals surface area contributed by atoms with Gasteiger partial charge in [-0.25, -0.2) is 4.39 Å². The van der Waals surface area contributed by atoms with Gasteiger partial charge in [-0.1, -0.05) is 6.08 Å². The fourth-order valence-corrected chi connectivity index (χ4v) is 3.39. The lowest BCUT2D eigenvalue weighted by molar-refractivity contribution is -0.116. The van der Waals surface area contributed by atoms with E-state index in [4.69, 9.17) is 0 Å². The lowest BCUT2D eigenvalue weighted by Crippen LogP contribution is -2.47. The monoisotopic (exact) mass is 316 g/mol. The minimum Gasteiger partial charge on any atom is -0.369 e. The van der Waals surface area contributed by atoms with E-state index in [1.54, 1.807) is 0 Å². The first kappa shape index (κ1) is 16.2. The third-order valence-electron chi connectivity index (χ3n) is 4.87. The molecule has 1 heterocycles. The summed E-state index contributed by atoms with van der Waals surface area (Å²) in [6.07, 6.45) is 7.20. The van der Waals surface area contributed by atoms with Crippen molar-refractivity contribution in [2.75, 3.05) is 37.6 Å². The van der Waals surface area contributed by atoms with Crippen LogP contribution in [-0.4, -0.2) is 43.4 Å². The Bertz CT molecular complexity index is 559. The Balaban J connectivity index is 1.43. The molecule has 0 bridgehead atoms. The molecular formula is C19H25FN2O. The molecule has 1 saturated heterocycles. The quantitative estimate of drug-likeness (QED) is 0.832. The third-order valence-corrected chi connectivity index (χ3v) is 4.87. The van der Waals surface area contributed by atoms with Crippen LogP contribution in [0.25, 0.3) is 0 Å². The summed E-state index contributed by atoms with van der Waals surface area (Å²) in [4.78, 5) is 16.9. The number of carbonyl (C=O) groups is 1. The summed E-state index contributed by atoms with van der Waals surface area (Å²) in [7, 11) is 0. The number of hydrogen-bond acceptors (Lipinski definition) is 3. The maximum Gasteiger partial charge on any atom is 0.159 e. The van der Waals surface area contributed by atoms with Crippen LogP contribution in [0.4, 0.5) is 10.1 Å². The van der Waals surface area contributed by atoms with E-state index in [1.165, 1.54) is 18.6 Å². The molecular weight excluding hydrogens is 291 g/mol. The van der Waals surface area contributed by atoms with Crippen LogP contribution >= 0.6 is 0 Å². The van der Waals surface area contributed by atoms with Gasteiger partial charge in [-0.2, -0.15) is 0 Å². The fraction of sp³-hybridized carbons (Fsp3) is 0.526. The normalized spacial score (nSPS) is 19.5. The van der Waals surface area contributed by atoms with Gasteiger partial charge in [-0.15, -0.1) is 0 Å². The Morgan fingerprint density at radius 1 is 1.04 bits per heavy atom. The van der Waals surface area contributed by atoms with Gasteiger partial charge < -0.3 is 4.90 Å². The third kappa shape index (κ3) is 4.41. The summed E-state index contributed by atoms with van der Waals surface area (Å²) in [5.41, 5.74) is 2.13. The number of ketones is 1. The van der Waals surface area contributed by atoms with E-state index < -0.39 is 0 Å². The minimum atomic E-state index is -0.192. The van der Waals surface area contributed by atoms with Crippen LogP contribution in [0.2, 0.25) is 0 Å². The van der Waals surface area contributed by atoms with E-state index in [1.807, 2.05) is 12.1 Å². The standard InChI is InChI=1S/C19H25FN2O/c20-17-6-8-18(9-7-17)22-14-12-21(13-15-22)11-10-19(23)16-4-2-1-3-5-16/h4,6-9H,1-3,5,10-15H2. The number of benzene rings is 1. The molecule has 1 fully saturated rings. The highest BCUT2D eigenvalue weighted by Crippen LogP contribution is 2.20. The van der Waals surface area contributed by atoms with Gasteiger partial charge in [-0.05, 0) is 55.5 Å². The number of anilines is 1. The van der Waals surface area contributed by atoms with E-state index in [2.05, 4.69) is 15.9 Å². The fourth-order valence-electron chi connectivity index (χ4n) is 3.39. The molecule has 1 aliphatic heterocycles. The maximum atomic E-state index is 13.0. The molecule has 3 rings (SSSR count). The largest absolute Gasteiger partial charge is 0.369 e. The van der Waals surface area contributed by atoms with Crippen molar-refractivity contribution in [1.29, 1.82) is 0 Å². The molecule has 0 aromatic heterocycles. The Kier molecular flexibility index (Phi) is 5.44. The van der Waals surface area contributed by atoms with E-state index in [0.29, 0.717) is 12.2 Å². The molecule has 1 aromatic rings. The number of piperazine rings is 1. The smallest absolute Gasteiger partial charge is 0.159 e. The van der Waals surface area contributed by atoms with Crippen molar-refractivity contribution in [1.82, 2.24) is 4.90 Å². The molecule has 3 nitrogen and oxygen atoms in total. The van der Waals surface area contributed by atoms with Crippen LogP contribution in [0, 0.1) is 5.82 Å². The molecule has 0 amide bonds.